The normalized spacial score (nSPS) is 13.1. The molecular formula is C20H24N4O2. The van der Waals surface area contributed by atoms with E-state index in [1.165, 1.54) is 27.6 Å². The van der Waals surface area contributed by atoms with E-state index in [4.69, 9.17) is 4.74 Å². The van der Waals surface area contributed by atoms with Crippen molar-refractivity contribution in [2.45, 2.75) is 40.7 Å². The van der Waals surface area contributed by atoms with Crippen molar-refractivity contribution in [2.75, 3.05) is 13.2 Å². The summed E-state index contributed by atoms with van der Waals surface area (Å²) in [7, 11) is 0. The zero-order valence-corrected chi connectivity index (χ0v) is 15.7. The van der Waals surface area contributed by atoms with E-state index in [9.17, 15) is 4.79 Å². The van der Waals surface area contributed by atoms with Crippen LogP contribution in [0.2, 0.25) is 0 Å². The Labute approximate surface area is 152 Å². The number of amides is 1. The Morgan fingerprint density at radius 2 is 2.12 bits per heavy atom. The molecule has 1 aliphatic heterocycles. The lowest BCUT2D eigenvalue weighted by Crippen LogP contribution is -2.27. The molecule has 0 bridgehead atoms. The summed E-state index contributed by atoms with van der Waals surface area (Å²) in [6, 6.07) is 4.40. The van der Waals surface area contributed by atoms with Gasteiger partial charge in [-0.05, 0) is 51.3 Å². The van der Waals surface area contributed by atoms with Gasteiger partial charge in [0.15, 0.2) is 5.69 Å². The first-order valence-corrected chi connectivity index (χ1v) is 9.02. The molecule has 6 nitrogen and oxygen atoms in total. The van der Waals surface area contributed by atoms with Crippen molar-refractivity contribution in [3.8, 4) is 5.88 Å². The van der Waals surface area contributed by atoms with Gasteiger partial charge in [0.05, 0.1) is 6.54 Å². The van der Waals surface area contributed by atoms with Crippen LogP contribution in [-0.2, 0) is 13.0 Å². The first-order chi connectivity index (χ1) is 12.5. The Morgan fingerprint density at radius 3 is 2.88 bits per heavy atom. The van der Waals surface area contributed by atoms with E-state index in [1.54, 1.807) is 4.68 Å². The Morgan fingerprint density at radius 1 is 1.31 bits per heavy atom. The fourth-order valence-electron chi connectivity index (χ4n) is 3.86. The van der Waals surface area contributed by atoms with E-state index >= 15 is 0 Å². The Kier molecular flexibility index (Phi) is 3.98. The second kappa shape index (κ2) is 6.20. The van der Waals surface area contributed by atoms with Crippen molar-refractivity contribution in [3.63, 3.8) is 0 Å². The zero-order chi connectivity index (χ0) is 18.4. The number of fused-ring (bicyclic) bond motifs is 2. The summed E-state index contributed by atoms with van der Waals surface area (Å²) < 4.78 is 7.29. The molecular weight excluding hydrogens is 328 g/mol. The molecule has 26 heavy (non-hydrogen) atoms. The van der Waals surface area contributed by atoms with Crippen LogP contribution in [-0.4, -0.2) is 33.8 Å². The molecule has 0 atom stereocenters. The molecule has 2 N–H and O–H groups in total. The number of carbonyl (C=O) groups is 1. The number of aromatic amines is 1. The standard InChI is InChI=1S/C20H24N4O2/c1-11-9-12(2)17-16(10-11)15(14(4)22-17)5-6-21-19(25)18-13(3)20-24(23-18)7-8-26-20/h9-10,22H,5-8H2,1-4H3,(H,21,25). The Bertz CT molecular complexity index is 1010. The Balaban J connectivity index is 1.49. The first kappa shape index (κ1) is 16.7. The van der Waals surface area contributed by atoms with Crippen LogP contribution in [0.25, 0.3) is 10.9 Å². The molecule has 136 valence electrons. The second-order valence-electron chi connectivity index (χ2n) is 7.09. The second-order valence-corrected chi connectivity index (χ2v) is 7.09. The molecule has 4 rings (SSSR count). The van der Waals surface area contributed by atoms with Gasteiger partial charge in [0.1, 0.15) is 6.61 Å². The number of carbonyl (C=O) groups excluding carboxylic acids is 1. The molecule has 3 heterocycles. The highest BCUT2D eigenvalue weighted by atomic mass is 16.5. The minimum Gasteiger partial charge on any atom is -0.476 e. The monoisotopic (exact) mass is 352 g/mol. The highest BCUT2D eigenvalue weighted by molar-refractivity contribution is 5.94. The van der Waals surface area contributed by atoms with Crippen LogP contribution in [0.3, 0.4) is 0 Å². The van der Waals surface area contributed by atoms with Crippen LogP contribution in [0, 0.1) is 27.7 Å². The smallest absolute Gasteiger partial charge is 0.272 e. The van der Waals surface area contributed by atoms with Crippen LogP contribution in [0.5, 0.6) is 5.88 Å². The molecule has 1 amide bonds. The molecule has 0 saturated heterocycles. The lowest BCUT2D eigenvalue weighted by atomic mass is 10.0. The lowest BCUT2D eigenvalue weighted by Gasteiger charge is -2.06. The van der Waals surface area contributed by atoms with Gasteiger partial charge in [-0.25, -0.2) is 4.68 Å². The SMILES string of the molecule is Cc1cc(C)c2[nH]c(C)c(CCNC(=O)c3nn4c(c3C)OCC4)c2c1. The molecule has 6 heteroatoms. The van der Waals surface area contributed by atoms with Crippen molar-refractivity contribution >= 4 is 16.8 Å². The number of hydrogen-bond donors (Lipinski definition) is 2. The largest absolute Gasteiger partial charge is 0.476 e. The maximum absolute atomic E-state index is 12.5. The number of aromatic nitrogens is 3. The molecule has 0 radical (unpaired) electrons. The lowest BCUT2D eigenvalue weighted by molar-refractivity contribution is 0.0947. The molecule has 0 saturated carbocycles. The van der Waals surface area contributed by atoms with Crippen molar-refractivity contribution in [1.82, 2.24) is 20.1 Å². The van der Waals surface area contributed by atoms with Crippen LogP contribution in [0.1, 0.15) is 38.4 Å². The van der Waals surface area contributed by atoms with Crippen molar-refractivity contribution in [3.05, 3.63) is 45.8 Å². The first-order valence-electron chi connectivity index (χ1n) is 9.02. The van der Waals surface area contributed by atoms with Gasteiger partial charge in [-0.3, -0.25) is 4.79 Å². The average Bonchev–Trinajstić information content (AvgIpc) is 3.24. The van der Waals surface area contributed by atoms with Gasteiger partial charge in [0.25, 0.3) is 5.91 Å². The predicted octanol–water partition coefficient (Wildman–Crippen LogP) is 2.96. The molecule has 0 spiro atoms. The van der Waals surface area contributed by atoms with Gasteiger partial charge in [-0.15, -0.1) is 0 Å². The fourth-order valence-corrected chi connectivity index (χ4v) is 3.86. The van der Waals surface area contributed by atoms with Crippen molar-refractivity contribution in [2.24, 2.45) is 0 Å². The summed E-state index contributed by atoms with van der Waals surface area (Å²) in [4.78, 5) is 16.0. The zero-order valence-electron chi connectivity index (χ0n) is 15.7. The summed E-state index contributed by atoms with van der Waals surface area (Å²) in [5.41, 5.74) is 7.39. The van der Waals surface area contributed by atoms with E-state index in [0.717, 1.165) is 17.7 Å². The highest BCUT2D eigenvalue weighted by Gasteiger charge is 2.24. The van der Waals surface area contributed by atoms with E-state index in [-0.39, 0.29) is 5.91 Å². The van der Waals surface area contributed by atoms with Crippen molar-refractivity contribution in [1.29, 1.82) is 0 Å². The van der Waals surface area contributed by atoms with Crippen molar-refractivity contribution < 1.29 is 9.53 Å². The summed E-state index contributed by atoms with van der Waals surface area (Å²) in [5, 5.41) is 8.62. The minimum atomic E-state index is -0.141. The van der Waals surface area contributed by atoms with E-state index in [1.807, 2.05) is 6.92 Å². The molecule has 1 aromatic carbocycles. The summed E-state index contributed by atoms with van der Waals surface area (Å²) >= 11 is 0. The number of aryl methyl sites for hydroxylation is 3. The van der Waals surface area contributed by atoms with Crippen LogP contribution < -0.4 is 10.1 Å². The molecule has 1 aliphatic rings. The molecule has 0 aliphatic carbocycles. The van der Waals surface area contributed by atoms with Gasteiger partial charge in [0, 0.05) is 28.7 Å². The van der Waals surface area contributed by atoms with Gasteiger partial charge >= 0.3 is 0 Å². The van der Waals surface area contributed by atoms with E-state index in [2.05, 4.69) is 48.3 Å². The number of nitrogens with one attached hydrogen (secondary N) is 2. The summed E-state index contributed by atoms with van der Waals surface area (Å²) in [5.74, 6) is 0.575. The van der Waals surface area contributed by atoms with Gasteiger partial charge in [0.2, 0.25) is 5.88 Å². The fraction of sp³-hybridized carbons (Fsp3) is 0.400. The topological polar surface area (TPSA) is 71.9 Å². The Hall–Kier alpha value is -2.76. The number of nitrogens with zero attached hydrogens (tertiary/aromatic N) is 2. The number of H-pyrrole nitrogens is 1. The summed E-state index contributed by atoms with van der Waals surface area (Å²) in [6.45, 7) is 10.1. The third kappa shape index (κ3) is 2.66. The average molecular weight is 352 g/mol. The molecule has 0 fully saturated rings. The third-order valence-corrected chi connectivity index (χ3v) is 5.12. The maximum Gasteiger partial charge on any atom is 0.272 e. The van der Waals surface area contributed by atoms with Gasteiger partial charge in [-0.2, -0.15) is 5.10 Å². The third-order valence-electron chi connectivity index (χ3n) is 5.12. The molecule has 2 aromatic heterocycles. The summed E-state index contributed by atoms with van der Waals surface area (Å²) in [6.07, 6.45) is 0.781. The number of hydrogen-bond acceptors (Lipinski definition) is 3. The predicted molar refractivity (Wildman–Crippen MR) is 101 cm³/mol. The minimum absolute atomic E-state index is 0.141. The van der Waals surface area contributed by atoms with Crippen LogP contribution in [0.15, 0.2) is 12.1 Å². The van der Waals surface area contributed by atoms with E-state index < -0.39 is 0 Å². The van der Waals surface area contributed by atoms with E-state index in [0.29, 0.717) is 31.3 Å². The van der Waals surface area contributed by atoms with Crippen LogP contribution >= 0.6 is 0 Å². The molecule has 0 unspecified atom stereocenters. The number of rotatable bonds is 4. The van der Waals surface area contributed by atoms with Crippen LogP contribution in [0.4, 0.5) is 0 Å². The quantitative estimate of drug-likeness (QED) is 0.758. The van der Waals surface area contributed by atoms with Gasteiger partial charge in [-0.1, -0.05) is 11.6 Å². The molecule has 3 aromatic rings. The highest BCUT2D eigenvalue weighted by Crippen LogP contribution is 2.27. The van der Waals surface area contributed by atoms with Gasteiger partial charge < -0.3 is 15.0 Å². The number of benzene rings is 1. The maximum atomic E-state index is 12.5. The number of ether oxygens (including phenoxy) is 1.